The molecule has 0 aliphatic carbocycles. The maximum absolute atomic E-state index is 12.5. The first-order valence-corrected chi connectivity index (χ1v) is 6.67. The summed E-state index contributed by atoms with van der Waals surface area (Å²) in [5, 5.41) is 0. The van der Waals surface area contributed by atoms with Crippen molar-refractivity contribution in [1.82, 2.24) is 4.90 Å². The smallest absolute Gasteiger partial charge is 0.406 e. The molecule has 0 saturated heterocycles. The van der Waals surface area contributed by atoms with Gasteiger partial charge >= 0.3 is 6.18 Å². The fraction of sp³-hybridized carbons (Fsp3) is 0.312. The van der Waals surface area contributed by atoms with Crippen LogP contribution in [0.3, 0.4) is 0 Å². The number of benzene rings is 1. The third kappa shape index (κ3) is 6.06. The van der Waals surface area contributed by atoms with Gasteiger partial charge in [-0.3, -0.25) is 4.79 Å². The van der Waals surface area contributed by atoms with E-state index in [-0.39, 0.29) is 6.54 Å². The van der Waals surface area contributed by atoms with Crippen molar-refractivity contribution in [3.05, 3.63) is 42.5 Å². The van der Waals surface area contributed by atoms with Gasteiger partial charge in [0.05, 0.1) is 14.2 Å². The van der Waals surface area contributed by atoms with Crippen LogP contribution in [0.4, 0.5) is 13.2 Å². The summed E-state index contributed by atoms with van der Waals surface area (Å²) in [5.41, 5.74) is 0.599. The minimum atomic E-state index is -4.46. The highest BCUT2D eigenvalue weighted by molar-refractivity contribution is 5.92. The van der Waals surface area contributed by atoms with Crippen LogP contribution in [-0.2, 0) is 4.79 Å². The molecule has 0 heterocycles. The molecule has 0 aliphatic rings. The van der Waals surface area contributed by atoms with Crippen molar-refractivity contribution in [2.24, 2.45) is 0 Å². The molecule has 0 aliphatic heterocycles. The van der Waals surface area contributed by atoms with Gasteiger partial charge in [0, 0.05) is 12.6 Å². The summed E-state index contributed by atoms with van der Waals surface area (Å²) in [7, 11) is 2.95. The predicted molar refractivity (Wildman–Crippen MR) is 81.4 cm³/mol. The van der Waals surface area contributed by atoms with Crippen molar-refractivity contribution in [1.29, 1.82) is 0 Å². The van der Waals surface area contributed by atoms with Crippen molar-refractivity contribution in [3.8, 4) is 11.5 Å². The van der Waals surface area contributed by atoms with E-state index in [0.29, 0.717) is 22.0 Å². The number of amides is 1. The third-order valence-electron chi connectivity index (χ3n) is 2.86. The SMILES string of the molecule is C=CCN(CC(F)(F)F)C(=O)/C=C/c1ccc(OC)c(OC)c1. The average Bonchev–Trinajstić information content (AvgIpc) is 2.50. The summed E-state index contributed by atoms with van der Waals surface area (Å²) in [4.78, 5) is 12.6. The molecule has 126 valence electrons. The Hall–Kier alpha value is -2.44. The van der Waals surface area contributed by atoms with Crippen LogP contribution in [0.25, 0.3) is 6.08 Å². The van der Waals surface area contributed by atoms with Gasteiger partial charge < -0.3 is 14.4 Å². The van der Waals surface area contributed by atoms with E-state index in [9.17, 15) is 18.0 Å². The maximum Gasteiger partial charge on any atom is 0.406 e. The third-order valence-corrected chi connectivity index (χ3v) is 2.86. The van der Waals surface area contributed by atoms with E-state index >= 15 is 0 Å². The van der Waals surface area contributed by atoms with Crippen LogP contribution in [0.2, 0.25) is 0 Å². The topological polar surface area (TPSA) is 38.8 Å². The van der Waals surface area contributed by atoms with E-state index in [4.69, 9.17) is 9.47 Å². The quantitative estimate of drug-likeness (QED) is 0.569. The lowest BCUT2D eigenvalue weighted by Crippen LogP contribution is -2.38. The van der Waals surface area contributed by atoms with Gasteiger partial charge in [0.1, 0.15) is 6.54 Å². The molecule has 23 heavy (non-hydrogen) atoms. The lowest BCUT2D eigenvalue weighted by Gasteiger charge is -2.20. The van der Waals surface area contributed by atoms with E-state index in [2.05, 4.69) is 6.58 Å². The zero-order valence-corrected chi connectivity index (χ0v) is 12.9. The fourth-order valence-electron chi connectivity index (χ4n) is 1.83. The van der Waals surface area contributed by atoms with Crippen molar-refractivity contribution in [3.63, 3.8) is 0 Å². The van der Waals surface area contributed by atoms with Gasteiger partial charge in [-0.05, 0) is 23.8 Å². The number of hydrogen-bond donors (Lipinski definition) is 0. The number of methoxy groups -OCH3 is 2. The van der Waals surface area contributed by atoms with Crippen LogP contribution in [0.1, 0.15) is 5.56 Å². The van der Waals surface area contributed by atoms with Gasteiger partial charge in [0.15, 0.2) is 11.5 Å². The van der Waals surface area contributed by atoms with E-state index in [0.717, 1.165) is 6.08 Å². The Kier molecular flexibility index (Phi) is 6.68. The monoisotopic (exact) mass is 329 g/mol. The zero-order chi connectivity index (χ0) is 17.5. The molecule has 1 aromatic carbocycles. The van der Waals surface area contributed by atoms with Gasteiger partial charge in [-0.2, -0.15) is 13.2 Å². The molecular formula is C16H18F3NO3. The standard InChI is InChI=1S/C16H18F3NO3/c1-4-9-20(11-16(17,18)19)15(21)8-6-12-5-7-13(22-2)14(10-12)23-3/h4-8,10H,1,9,11H2,2-3H3/b8-6+. The van der Waals surface area contributed by atoms with Gasteiger partial charge in [-0.15, -0.1) is 6.58 Å². The lowest BCUT2D eigenvalue weighted by molar-refractivity contribution is -0.157. The normalized spacial score (nSPS) is 11.3. The summed E-state index contributed by atoms with van der Waals surface area (Å²) in [6, 6.07) is 4.91. The summed E-state index contributed by atoms with van der Waals surface area (Å²) in [6.45, 7) is 1.85. The van der Waals surface area contributed by atoms with Gasteiger partial charge in [0.2, 0.25) is 5.91 Å². The van der Waals surface area contributed by atoms with Crippen molar-refractivity contribution < 1.29 is 27.4 Å². The number of hydrogen-bond acceptors (Lipinski definition) is 3. The van der Waals surface area contributed by atoms with Crippen molar-refractivity contribution in [2.75, 3.05) is 27.3 Å². The molecule has 1 rings (SSSR count). The number of rotatable bonds is 7. The van der Waals surface area contributed by atoms with E-state index < -0.39 is 18.6 Å². The van der Waals surface area contributed by atoms with Crippen LogP contribution in [0.15, 0.2) is 36.9 Å². The molecule has 0 atom stereocenters. The van der Waals surface area contributed by atoms with Crippen LogP contribution >= 0.6 is 0 Å². The van der Waals surface area contributed by atoms with E-state index in [1.807, 2.05) is 0 Å². The molecule has 0 spiro atoms. The second kappa shape index (κ2) is 8.26. The molecule has 1 amide bonds. The van der Waals surface area contributed by atoms with Crippen LogP contribution in [-0.4, -0.2) is 44.3 Å². The second-order valence-corrected chi connectivity index (χ2v) is 4.57. The first-order valence-electron chi connectivity index (χ1n) is 6.67. The van der Waals surface area contributed by atoms with Crippen molar-refractivity contribution in [2.45, 2.75) is 6.18 Å². The summed E-state index contributed by atoms with van der Waals surface area (Å²) < 4.78 is 47.6. The summed E-state index contributed by atoms with van der Waals surface area (Å²) >= 11 is 0. The van der Waals surface area contributed by atoms with Gasteiger partial charge in [-0.1, -0.05) is 12.1 Å². The van der Waals surface area contributed by atoms with E-state index in [1.165, 1.54) is 26.4 Å². The Labute approximate surface area is 132 Å². The molecule has 0 aromatic heterocycles. The van der Waals surface area contributed by atoms with Crippen LogP contribution in [0, 0.1) is 0 Å². The summed E-state index contributed by atoms with van der Waals surface area (Å²) in [5.74, 6) is 0.221. The van der Waals surface area contributed by atoms with Gasteiger partial charge in [0.25, 0.3) is 0 Å². The Bertz CT molecular complexity index is 582. The molecule has 0 bridgehead atoms. The highest BCUT2D eigenvalue weighted by Gasteiger charge is 2.31. The highest BCUT2D eigenvalue weighted by atomic mass is 19.4. The zero-order valence-electron chi connectivity index (χ0n) is 12.9. The average molecular weight is 329 g/mol. The Morgan fingerprint density at radius 2 is 1.91 bits per heavy atom. The number of ether oxygens (including phenoxy) is 2. The molecule has 0 fully saturated rings. The largest absolute Gasteiger partial charge is 0.493 e. The van der Waals surface area contributed by atoms with Crippen molar-refractivity contribution >= 4 is 12.0 Å². The predicted octanol–water partition coefficient (Wildman–Crippen LogP) is 3.29. The number of nitrogens with zero attached hydrogens (tertiary/aromatic N) is 1. The maximum atomic E-state index is 12.5. The van der Waals surface area contributed by atoms with Gasteiger partial charge in [-0.25, -0.2) is 0 Å². The minimum Gasteiger partial charge on any atom is -0.493 e. The molecule has 0 N–H and O–H groups in total. The molecule has 0 saturated carbocycles. The summed E-state index contributed by atoms with van der Waals surface area (Å²) in [6.07, 6.45) is -0.725. The highest BCUT2D eigenvalue weighted by Crippen LogP contribution is 2.28. The Morgan fingerprint density at radius 1 is 1.26 bits per heavy atom. The molecule has 1 aromatic rings. The number of carbonyl (C=O) groups is 1. The fourth-order valence-corrected chi connectivity index (χ4v) is 1.83. The molecule has 7 heteroatoms. The number of halogens is 3. The first-order chi connectivity index (χ1) is 10.8. The Balaban J connectivity index is 2.89. The number of carbonyl (C=O) groups excluding carboxylic acids is 1. The molecule has 4 nitrogen and oxygen atoms in total. The van der Waals surface area contributed by atoms with Crippen LogP contribution < -0.4 is 9.47 Å². The minimum absolute atomic E-state index is 0.186. The lowest BCUT2D eigenvalue weighted by atomic mass is 10.2. The first kappa shape index (κ1) is 18.6. The Morgan fingerprint density at radius 3 is 2.43 bits per heavy atom. The molecular weight excluding hydrogens is 311 g/mol. The molecule has 0 radical (unpaired) electrons. The van der Waals surface area contributed by atoms with E-state index in [1.54, 1.807) is 18.2 Å². The molecule has 0 unspecified atom stereocenters. The van der Waals surface area contributed by atoms with Crippen LogP contribution in [0.5, 0.6) is 11.5 Å². The second-order valence-electron chi connectivity index (χ2n) is 4.57. The number of alkyl halides is 3.